The van der Waals surface area contributed by atoms with E-state index in [0.717, 1.165) is 6.26 Å². The van der Waals surface area contributed by atoms with E-state index in [0.29, 0.717) is 12.1 Å². The number of nitrogens with zero attached hydrogens (tertiary/aromatic N) is 2. The molecule has 1 N–H and O–H groups in total. The van der Waals surface area contributed by atoms with Crippen LogP contribution in [0.3, 0.4) is 0 Å². The summed E-state index contributed by atoms with van der Waals surface area (Å²) in [6.07, 6.45) is 1.69. The smallest absolute Gasteiger partial charge is 0.227 e. The van der Waals surface area contributed by atoms with Crippen molar-refractivity contribution in [1.82, 2.24) is 9.62 Å². The summed E-state index contributed by atoms with van der Waals surface area (Å²) < 4.78 is 37.8. The van der Waals surface area contributed by atoms with Gasteiger partial charge in [0.1, 0.15) is 5.82 Å². The SMILES string of the molecule is CN(CCNS(C)(=O)=O)C(=O)C1CCC(=O)N(c2cccc(F)c2)C1. The first kappa shape index (κ1) is 19.3. The number of anilines is 1. The molecule has 1 aromatic carbocycles. The topological polar surface area (TPSA) is 86.8 Å². The van der Waals surface area contributed by atoms with E-state index in [1.54, 1.807) is 13.1 Å². The van der Waals surface area contributed by atoms with E-state index in [9.17, 15) is 22.4 Å². The second-order valence-electron chi connectivity index (χ2n) is 6.15. The van der Waals surface area contributed by atoms with E-state index in [1.807, 2.05) is 0 Å². The van der Waals surface area contributed by atoms with Gasteiger partial charge in [0.2, 0.25) is 21.8 Å². The number of nitrogens with one attached hydrogen (secondary N) is 1. The summed E-state index contributed by atoms with van der Waals surface area (Å²) >= 11 is 0. The van der Waals surface area contributed by atoms with Crippen LogP contribution in [0.15, 0.2) is 24.3 Å². The largest absolute Gasteiger partial charge is 0.344 e. The van der Waals surface area contributed by atoms with Crippen molar-refractivity contribution in [2.24, 2.45) is 5.92 Å². The Labute approximate surface area is 146 Å². The van der Waals surface area contributed by atoms with E-state index >= 15 is 0 Å². The van der Waals surface area contributed by atoms with E-state index < -0.39 is 21.8 Å². The van der Waals surface area contributed by atoms with Crippen LogP contribution in [0, 0.1) is 11.7 Å². The van der Waals surface area contributed by atoms with Gasteiger partial charge < -0.3 is 9.80 Å². The zero-order chi connectivity index (χ0) is 18.6. The van der Waals surface area contributed by atoms with E-state index in [-0.39, 0.29) is 37.9 Å². The third-order valence-electron chi connectivity index (χ3n) is 4.07. The fourth-order valence-electron chi connectivity index (χ4n) is 2.76. The van der Waals surface area contributed by atoms with E-state index in [2.05, 4.69) is 4.72 Å². The number of piperidine rings is 1. The van der Waals surface area contributed by atoms with Gasteiger partial charge in [-0.15, -0.1) is 0 Å². The molecule has 2 amide bonds. The lowest BCUT2D eigenvalue weighted by Gasteiger charge is -2.34. The number of hydrogen-bond acceptors (Lipinski definition) is 4. The van der Waals surface area contributed by atoms with Crippen LogP contribution < -0.4 is 9.62 Å². The highest BCUT2D eigenvalue weighted by Crippen LogP contribution is 2.25. The molecular weight excluding hydrogens is 349 g/mol. The standard InChI is InChI=1S/C16H22FN3O4S/c1-19(9-8-18-25(2,23)24)16(22)12-6-7-15(21)20(11-12)14-5-3-4-13(17)10-14/h3-5,10,12,18H,6-9,11H2,1-2H3. The Balaban J connectivity index is 1.99. The average Bonchev–Trinajstić information content (AvgIpc) is 2.53. The third kappa shape index (κ3) is 5.50. The molecule has 0 aliphatic carbocycles. The van der Waals surface area contributed by atoms with Crippen molar-refractivity contribution in [3.63, 3.8) is 0 Å². The van der Waals surface area contributed by atoms with Crippen LogP contribution in [0.5, 0.6) is 0 Å². The summed E-state index contributed by atoms with van der Waals surface area (Å²) in [6.45, 7) is 0.543. The molecule has 1 aromatic rings. The predicted molar refractivity (Wildman–Crippen MR) is 92.0 cm³/mol. The highest BCUT2D eigenvalue weighted by molar-refractivity contribution is 7.88. The molecule has 25 heavy (non-hydrogen) atoms. The van der Waals surface area contributed by atoms with Gasteiger partial charge in [-0.2, -0.15) is 0 Å². The van der Waals surface area contributed by atoms with E-state index in [4.69, 9.17) is 0 Å². The zero-order valence-corrected chi connectivity index (χ0v) is 15.1. The Morgan fingerprint density at radius 3 is 2.80 bits per heavy atom. The quantitative estimate of drug-likeness (QED) is 0.792. The van der Waals surface area contributed by atoms with Gasteiger partial charge in [-0.05, 0) is 24.6 Å². The van der Waals surface area contributed by atoms with Crippen LogP contribution in [0.2, 0.25) is 0 Å². The van der Waals surface area contributed by atoms with Crippen LogP contribution in [-0.2, 0) is 19.6 Å². The van der Waals surface area contributed by atoms with E-state index in [1.165, 1.54) is 28.0 Å². The molecule has 9 heteroatoms. The second kappa shape index (κ2) is 7.92. The minimum Gasteiger partial charge on any atom is -0.344 e. The Hall–Kier alpha value is -2.00. The Morgan fingerprint density at radius 1 is 1.44 bits per heavy atom. The predicted octanol–water partition coefficient (Wildman–Crippen LogP) is 0.576. The maximum absolute atomic E-state index is 13.4. The molecule has 7 nitrogen and oxygen atoms in total. The molecule has 0 spiro atoms. The van der Waals surface area contributed by atoms with Gasteiger partial charge in [0.25, 0.3) is 0 Å². The van der Waals surface area contributed by atoms with Gasteiger partial charge in [-0.3, -0.25) is 9.59 Å². The van der Waals surface area contributed by atoms with Crippen LogP contribution >= 0.6 is 0 Å². The lowest BCUT2D eigenvalue weighted by Crippen LogP contribution is -2.47. The normalized spacial score (nSPS) is 18.3. The monoisotopic (exact) mass is 371 g/mol. The van der Waals surface area contributed by atoms with Gasteiger partial charge >= 0.3 is 0 Å². The number of sulfonamides is 1. The molecule has 1 heterocycles. The zero-order valence-electron chi connectivity index (χ0n) is 14.2. The minimum atomic E-state index is -3.30. The number of benzene rings is 1. The molecular formula is C16H22FN3O4S. The molecule has 1 aliphatic heterocycles. The molecule has 138 valence electrons. The van der Waals surface area contributed by atoms with Crippen molar-refractivity contribution in [2.75, 3.05) is 37.8 Å². The molecule has 0 saturated carbocycles. The van der Waals surface area contributed by atoms with Crippen molar-refractivity contribution in [2.45, 2.75) is 12.8 Å². The number of rotatable bonds is 6. The number of carbonyl (C=O) groups excluding carboxylic acids is 2. The first-order chi connectivity index (χ1) is 11.7. The summed E-state index contributed by atoms with van der Waals surface area (Å²) in [5.74, 6) is -1.15. The van der Waals surface area contributed by atoms with Crippen molar-refractivity contribution < 1.29 is 22.4 Å². The summed E-state index contributed by atoms with van der Waals surface area (Å²) in [6, 6.07) is 5.72. The maximum Gasteiger partial charge on any atom is 0.227 e. The summed E-state index contributed by atoms with van der Waals surface area (Å²) in [4.78, 5) is 27.5. The van der Waals surface area contributed by atoms with Crippen LogP contribution in [0.1, 0.15) is 12.8 Å². The van der Waals surface area contributed by atoms with Gasteiger partial charge in [0, 0.05) is 38.8 Å². The minimum absolute atomic E-state index is 0.125. The maximum atomic E-state index is 13.4. The van der Waals surface area contributed by atoms with Crippen molar-refractivity contribution in [3.8, 4) is 0 Å². The van der Waals surface area contributed by atoms with Gasteiger partial charge in [0.05, 0.1) is 12.2 Å². The van der Waals surface area contributed by atoms with Gasteiger partial charge in [-0.1, -0.05) is 6.07 Å². The number of hydrogen-bond donors (Lipinski definition) is 1. The Bertz CT molecular complexity index is 754. The van der Waals surface area contributed by atoms with Crippen LogP contribution in [-0.4, -0.2) is 58.1 Å². The average molecular weight is 371 g/mol. The first-order valence-electron chi connectivity index (χ1n) is 7.93. The molecule has 0 bridgehead atoms. The van der Waals surface area contributed by atoms with Crippen molar-refractivity contribution in [3.05, 3.63) is 30.1 Å². The van der Waals surface area contributed by atoms with Crippen molar-refractivity contribution in [1.29, 1.82) is 0 Å². The second-order valence-corrected chi connectivity index (χ2v) is 7.98. The molecule has 0 aromatic heterocycles. The van der Waals surface area contributed by atoms with Gasteiger partial charge in [-0.25, -0.2) is 17.5 Å². The van der Waals surface area contributed by atoms with Gasteiger partial charge in [0.15, 0.2) is 0 Å². The molecule has 0 radical (unpaired) electrons. The molecule has 1 saturated heterocycles. The first-order valence-corrected chi connectivity index (χ1v) is 9.82. The highest BCUT2D eigenvalue weighted by Gasteiger charge is 2.32. The number of halogens is 1. The van der Waals surface area contributed by atoms with Crippen molar-refractivity contribution >= 4 is 27.5 Å². The van der Waals surface area contributed by atoms with Crippen LogP contribution in [0.25, 0.3) is 0 Å². The molecule has 2 rings (SSSR count). The lowest BCUT2D eigenvalue weighted by atomic mass is 9.95. The summed E-state index contributed by atoms with van der Waals surface area (Å²) in [7, 11) is -1.71. The Morgan fingerprint density at radius 2 is 2.16 bits per heavy atom. The third-order valence-corrected chi connectivity index (χ3v) is 4.80. The summed E-state index contributed by atoms with van der Waals surface area (Å²) in [5, 5.41) is 0. The molecule has 1 aliphatic rings. The van der Waals surface area contributed by atoms with Crippen LogP contribution in [0.4, 0.5) is 10.1 Å². The molecule has 1 atom stereocenters. The number of carbonyl (C=O) groups is 2. The molecule has 1 unspecified atom stereocenters. The molecule has 1 fully saturated rings. The highest BCUT2D eigenvalue weighted by atomic mass is 32.2. The lowest BCUT2D eigenvalue weighted by molar-refractivity contribution is -0.135. The number of amides is 2. The fraction of sp³-hybridized carbons (Fsp3) is 0.500. The number of likely N-dealkylation sites (N-methyl/N-ethyl adjacent to an activating group) is 1. The Kier molecular flexibility index (Phi) is 6.12. The summed E-state index contributed by atoms with van der Waals surface area (Å²) in [5.41, 5.74) is 0.434. The fourth-order valence-corrected chi connectivity index (χ4v) is 3.22.